The Labute approximate surface area is 153 Å². The van der Waals surface area contributed by atoms with E-state index in [1.807, 2.05) is 0 Å². The first-order chi connectivity index (χ1) is 12.7. The molecule has 1 heterocycles. The molecule has 126 valence electrons. The first-order valence-electron chi connectivity index (χ1n) is 9.25. The van der Waals surface area contributed by atoms with Crippen LogP contribution in [0.2, 0.25) is 0 Å². The fourth-order valence-electron chi connectivity index (χ4n) is 4.02. The molecule has 4 aromatic carbocycles. The summed E-state index contributed by atoms with van der Waals surface area (Å²) in [5.74, 6) is 0.512. The minimum absolute atomic E-state index is 0.512. The lowest BCUT2D eigenvalue weighted by Gasteiger charge is -2.10. The van der Waals surface area contributed by atoms with Gasteiger partial charge in [-0.1, -0.05) is 74.5 Å². The maximum Gasteiger partial charge on any atom is 0.0547 e. The van der Waals surface area contributed by atoms with Gasteiger partial charge in [-0.15, -0.1) is 0 Å². The van der Waals surface area contributed by atoms with Gasteiger partial charge in [0.25, 0.3) is 0 Å². The Morgan fingerprint density at radius 3 is 2.23 bits per heavy atom. The highest BCUT2D eigenvalue weighted by molar-refractivity contribution is 6.21. The van der Waals surface area contributed by atoms with Crippen molar-refractivity contribution in [3.63, 3.8) is 0 Å². The molecule has 0 bridgehead atoms. The van der Waals surface area contributed by atoms with Crippen molar-refractivity contribution in [3.05, 3.63) is 90.5 Å². The molecule has 0 saturated heterocycles. The van der Waals surface area contributed by atoms with Gasteiger partial charge in [-0.05, 0) is 46.5 Å². The summed E-state index contributed by atoms with van der Waals surface area (Å²) in [5, 5.41) is 5.28. The van der Waals surface area contributed by atoms with E-state index in [1.165, 1.54) is 43.8 Å². The molecule has 1 heteroatoms. The Morgan fingerprint density at radius 1 is 0.654 bits per heavy atom. The molecule has 0 amide bonds. The van der Waals surface area contributed by atoms with E-state index in [4.69, 9.17) is 0 Å². The van der Waals surface area contributed by atoms with Crippen molar-refractivity contribution in [2.45, 2.75) is 19.8 Å². The summed E-state index contributed by atoms with van der Waals surface area (Å²) in [6.45, 7) is 4.51. The van der Waals surface area contributed by atoms with Crippen molar-refractivity contribution >= 4 is 32.6 Å². The maximum absolute atomic E-state index is 2.41. The standard InChI is InChI=1S/C25H21N/c1-17(2)19-12-14-22-24(16-19)26(20-9-4-3-5-10-20)23-15-13-18-8-6-7-11-21(18)25(22)23/h3-17H,1-2H3. The average Bonchev–Trinajstić information content (AvgIpc) is 3.02. The Morgan fingerprint density at radius 2 is 1.42 bits per heavy atom. The van der Waals surface area contributed by atoms with Crippen molar-refractivity contribution in [1.29, 1.82) is 0 Å². The zero-order valence-corrected chi connectivity index (χ0v) is 15.1. The normalized spacial score (nSPS) is 11.8. The second-order valence-corrected chi connectivity index (χ2v) is 7.28. The lowest BCUT2D eigenvalue weighted by atomic mass is 10.00. The summed E-state index contributed by atoms with van der Waals surface area (Å²) in [4.78, 5) is 0. The van der Waals surface area contributed by atoms with Gasteiger partial charge in [0.15, 0.2) is 0 Å². The van der Waals surface area contributed by atoms with Gasteiger partial charge in [0.2, 0.25) is 0 Å². The fourth-order valence-corrected chi connectivity index (χ4v) is 4.02. The molecule has 0 atom stereocenters. The van der Waals surface area contributed by atoms with Crippen LogP contribution in [0.15, 0.2) is 84.9 Å². The van der Waals surface area contributed by atoms with Crippen molar-refractivity contribution in [2.24, 2.45) is 0 Å². The first kappa shape index (κ1) is 15.2. The second-order valence-electron chi connectivity index (χ2n) is 7.28. The number of hydrogen-bond donors (Lipinski definition) is 0. The summed E-state index contributed by atoms with van der Waals surface area (Å²) >= 11 is 0. The fraction of sp³-hybridized carbons (Fsp3) is 0.120. The van der Waals surface area contributed by atoms with Crippen LogP contribution >= 0.6 is 0 Å². The number of hydrogen-bond acceptors (Lipinski definition) is 0. The van der Waals surface area contributed by atoms with E-state index in [-0.39, 0.29) is 0 Å². The van der Waals surface area contributed by atoms with Gasteiger partial charge in [0.1, 0.15) is 0 Å². The topological polar surface area (TPSA) is 4.93 Å². The van der Waals surface area contributed by atoms with Gasteiger partial charge in [-0.2, -0.15) is 0 Å². The van der Waals surface area contributed by atoms with Gasteiger partial charge in [-0.3, -0.25) is 0 Å². The summed E-state index contributed by atoms with van der Waals surface area (Å²) in [7, 11) is 0. The van der Waals surface area contributed by atoms with E-state index >= 15 is 0 Å². The summed E-state index contributed by atoms with van der Waals surface area (Å²) < 4.78 is 2.41. The molecule has 0 radical (unpaired) electrons. The quantitative estimate of drug-likeness (QED) is 0.325. The van der Waals surface area contributed by atoms with Gasteiger partial charge in [0.05, 0.1) is 11.0 Å². The number of aromatic nitrogens is 1. The lowest BCUT2D eigenvalue weighted by molar-refractivity contribution is 0.868. The Hall–Kier alpha value is -3.06. The third kappa shape index (κ3) is 2.17. The van der Waals surface area contributed by atoms with Crippen LogP contribution in [0.5, 0.6) is 0 Å². The highest BCUT2D eigenvalue weighted by Crippen LogP contribution is 2.37. The molecule has 0 spiro atoms. The molecule has 1 aromatic heterocycles. The van der Waals surface area contributed by atoms with Crippen LogP contribution < -0.4 is 0 Å². The van der Waals surface area contributed by atoms with Gasteiger partial charge >= 0.3 is 0 Å². The summed E-state index contributed by atoms with van der Waals surface area (Å²) in [6.07, 6.45) is 0. The summed E-state index contributed by atoms with van der Waals surface area (Å²) in [6, 6.07) is 30.8. The molecule has 0 aliphatic heterocycles. The second kappa shape index (κ2) is 5.74. The average molecular weight is 335 g/mol. The predicted octanol–water partition coefficient (Wildman–Crippen LogP) is 7.06. The number of nitrogens with zero attached hydrogens (tertiary/aromatic N) is 1. The van der Waals surface area contributed by atoms with Crippen molar-refractivity contribution in [2.75, 3.05) is 0 Å². The molecule has 0 saturated carbocycles. The number of fused-ring (bicyclic) bond motifs is 5. The van der Waals surface area contributed by atoms with Crippen LogP contribution in [-0.4, -0.2) is 4.57 Å². The smallest absolute Gasteiger partial charge is 0.0547 e. The van der Waals surface area contributed by atoms with Gasteiger partial charge in [0, 0.05) is 16.5 Å². The largest absolute Gasteiger partial charge is 0.309 e. The van der Waals surface area contributed by atoms with Crippen molar-refractivity contribution < 1.29 is 0 Å². The van der Waals surface area contributed by atoms with Crippen molar-refractivity contribution in [3.8, 4) is 5.69 Å². The van der Waals surface area contributed by atoms with E-state index < -0.39 is 0 Å². The molecule has 0 unspecified atom stereocenters. The monoisotopic (exact) mass is 335 g/mol. The van der Waals surface area contributed by atoms with Crippen LogP contribution in [0, 0.1) is 0 Å². The predicted molar refractivity (Wildman–Crippen MR) is 112 cm³/mol. The minimum Gasteiger partial charge on any atom is -0.309 e. The lowest BCUT2D eigenvalue weighted by Crippen LogP contribution is -1.94. The summed E-state index contributed by atoms with van der Waals surface area (Å²) in [5.41, 5.74) is 5.14. The van der Waals surface area contributed by atoms with Crippen LogP contribution in [0.3, 0.4) is 0 Å². The van der Waals surface area contributed by atoms with Gasteiger partial charge < -0.3 is 4.57 Å². The molecule has 5 rings (SSSR count). The van der Waals surface area contributed by atoms with E-state index in [9.17, 15) is 0 Å². The van der Waals surface area contributed by atoms with E-state index in [0.29, 0.717) is 5.92 Å². The SMILES string of the molecule is CC(C)c1ccc2c3c4ccccc4ccc3n(-c3ccccc3)c2c1. The maximum atomic E-state index is 2.41. The Kier molecular flexibility index (Phi) is 3.36. The zero-order chi connectivity index (χ0) is 17.7. The highest BCUT2D eigenvalue weighted by atomic mass is 15.0. The van der Waals surface area contributed by atoms with E-state index in [0.717, 1.165) is 0 Å². The molecule has 5 aromatic rings. The molecule has 0 fully saturated rings. The van der Waals surface area contributed by atoms with Crippen LogP contribution in [0.25, 0.3) is 38.3 Å². The number of para-hydroxylation sites is 1. The Balaban J connectivity index is 2.02. The molecular formula is C25H21N. The molecule has 0 aliphatic carbocycles. The van der Waals surface area contributed by atoms with Crippen LogP contribution in [-0.2, 0) is 0 Å². The molecule has 1 nitrogen and oxygen atoms in total. The molecule has 0 N–H and O–H groups in total. The van der Waals surface area contributed by atoms with Crippen LogP contribution in [0.4, 0.5) is 0 Å². The third-order valence-electron chi connectivity index (χ3n) is 5.36. The Bertz CT molecular complexity index is 1240. The zero-order valence-electron chi connectivity index (χ0n) is 15.1. The van der Waals surface area contributed by atoms with E-state index in [2.05, 4.69) is 103 Å². The minimum atomic E-state index is 0.512. The number of benzene rings is 4. The van der Waals surface area contributed by atoms with E-state index in [1.54, 1.807) is 0 Å². The van der Waals surface area contributed by atoms with Crippen molar-refractivity contribution in [1.82, 2.24) is 4.57 Å². The van der Waals surface area contributed by atoms with Crippen LogP contribution in [0.1, 0.15) is 25.3 Å². The molecule has 0 aliphatic rings. The van der Waals surface area contributed by atoms with Gasteiger partial charge in [-0.25, -0.2) is 0 Å². The molecular weight excluding hydrogens is 314 g/mol. The molecule has 26 heavy (non-hydrogen) atoms. The number of rotatable bonds is 2. The third-order valence-corrected chi connectivity index (χ3v) is 5.36. The highest BCUT2D eigenvalue weighted by Gasteiger charge is 2.15. The first-order valence-corrected chi connectivity index (χ1v) is 9.25.